The van der Waals surface area contributed by atoms with Crippen LogP contribution in [0.4, 0.5) is 0 Å². The summed E-state index contributed by atoms with van der Waals surface area (Å²) in [6, 6.07) is 0. The molecule has 0 amide bonds. The molecule has 4 unspecified atom stereocenters. The minimum absolute atomic E-state index is 0.0560. The lowest BCUT2D eigenvalue weighted by atomic mass is 9.54. The number of allylic oxidation sites excluding steroid dienone is 8. The number of hydrogen-bond acceptors (Lipinski definition) is 2. The molecule has 2 heteroatoms. The van der Waals surface area contributed by atoms with E-state index in [1.807, 2.05) is 0 Å². The van der Waals surface area contributed by atoms with Crippen LogP contribution in [0.1, 0.15) is 46.5 Å². The topological polar surface area (TPSA) is 34.1 Å². The molecule has 0 bridgehead atoms. The Labute approximate surface area is 138 Å². The highest BCUT2D eigenvalue weighted by Crippen LogP contribution is 2.62. The Bertz CT molecular complexity index is 733. The third kappa shape index (κ3) is 1.81. The lowest BCUT2D eigenvalue weighted by Crippen LogP contribution is -2.39. The number of hydrogen-bond donors (Lipinski definition) is 0. The fourth-order valence-electron chi connectivity index (χ4n) is 5.24. The van der Waals surface area contributed by atoms with Crippen molar-refractivity contribution in [3.63, 3.8) is 0 Å². The van der Waals surface area contributed by atoms with Gasteiger partial charge in [0.25, 0.3) is 0 Å². The van der Waals surface area contributed by atoms with Crippen LogP contribution >= 0.6 is 0 Å². The molecule has 4 rings (SSSR count). The highest BCUT2D eigenvalue weighted by Gasteiger charge is 2.50. The molecule has 0 saturated carbocycles. The van der Waals surface area contributed by atoms with Gasteiger partial charge >= 0.3 is 0 Å². The van der Waals surface area contributed by atoms with Gasteiger partial charge in [0.1, 0.15) is 6.29 Å². The standard InChI is InChI=1S/C21H24O2/c1-13-4-5-17-19-14(12-22)10-15-11-16(23)6-8-21(15,3)18(19)7-9-20(13,17)2/h5-6,8,11-14H,4,7,9-10H2,1-3H3. The molecule has 0 aliphatic heterocycles. The number of carbonyl (C=O) groups excluding carboxylic acids is 2. The summed E-state index contributed by atoms with van der Waals surface area (Å²) < 4.78 is 0. The molecule has 4 aliphatic carbocycles. The summed E-state index contributed by atoms with van der Waals surface area (Å²) in [7, 11) is 0. The second kappa shape index (κ2) is 4.66. The molecule has 0 saturated heterocycles. The van der Waals surface area contributed by atoms with Gasteiger partial charge in [-0.3, -0.25) is 4.79 Å². The average molecular weight is 308 g/mol. The smallest absolute Gasteiger partial charge is 0.178 e. The van der Waals surface area contributed by atoms with Crippen molar-refractivity contribution in [2.24, 2.45) is 22.7 Å². The summed E-state index contributed by atoms with van der Waals surface area (Å²) >= 11 is 0. The molecule has 4 atom stereocenters. The van der Waals surface area contributed by atoms with E-state index in [9.17, 15) is 9.59 Å². The van der Waals surface area contributed by atoms with E-state index in [0.717, 1.165) is 31.1 Å². The minimum Gasteiger partial charge on any atom is -0.303 e. The van der Waals surface area contributed by atoms with Gasteiger partial charge in [-0.25, -0.2) is 0 Å². The van der Waals surface area contributed by atoms with E-state index < -0.39 is 0 Å². The summed E-state index contributed by atoms with van der Waals surface area (Å²) in [5.41, 5.74) is 5.28. The summed E-state index contributed by atoms with van der Waals surface area (Å²) in [5, 5.41) is 0. The van der Waals surface area contributed by atoms with Gasteiger partial charge in [0.2, 0.25) is 0 Å². The maximum absolute atomic E-state index is 11.9. The van der Waals surface area contributed by atoms with E-state index in [0.29, 0.717) is 12.3 Å². The normalized spacial score (nSPS) is 41.8. The predicted octanol–water partition coefficient (Wildman–Crippen LogP) is 4.34. The number of aldehydes is 1. The average Bonchev–Trinajstić information content (AvgIpc) is 2.83. The second-order valence-electron chi connectivity index (χ2n) is 8.12. The molecular formula is C21H24O2. The number of rotatable bonds is 1. The Kier molecular flexibility index (Phi) is 3.01. The van der Waals surface area contributed by atoms with Crippen molar-refractivity contribution in [1.82, 2.24) is 0 Å². The van der Waals surface area contributed by atoms with E-state index in [1.165, 1.54) is 16.7 Å². The molecule has 0 fully saturated rings. The van der Waals surface area contributed by atoms with Crippen LogP contribution in [0.15, 0.2) is 46.6 Å². The summed E-state index contributed by atoms with van der Waals surface area (Å²) in [6.45, 7) is 6.93. The molecule has 23 heavy (non-hydrogen) atoms. The summed E-state index contributed by atoms with van der Waals surface area (Å²) in [6.07, 6.45) is 13.0. The SMILES string of the molecule is CC1CC=C2C3=C(CCC21C)C1(C)C=CC(=O)C=C1CC3C=O. The fourth-order valence-corrected chi connectivity index (χ4v) is 5.24. The Morgan fingerprint density at radius 2 is 2.09 bits per heavy atom. The molecule has 0 heterocycles. The minimum atomic E-state index is -0.170. The van der Waals surface area contributed by atoms with Crippen LogP contribution in [-0.4, -0.2) is 12.1 Å². The first kappa shape index (κ1) is 14.9. The van der Waals surface area contributed by atoms with E-state index >= 15 is 0 Å². The summed E-state index contributed by atoms with van der Waals surface area (Å²) in [5.74, 6) is 0.618. The molecule has 0 radical (unpaired) electrons. The van der Waals surface area contributed by atoms with Crippen LogP contribution in [0.2, 0.25) is 0 Å². The molecule has 2 nitrogen and oxygen atoms in total. The highest BCUT2D eigenvalue weighted by atomic mass is 16.1. The quantitative estimate of drug-likeness (QED) is 0.675. The Balaban J connectivity index is 1.93. The van der Waals surface area contributed by atoms with Gasteiger partial charge in [-0.1, -0.05) is 37.1 Å². The predicted molar refractivity (Wildman–Crippen MR) is 90.7 cm³/mol. The van der Waals surface area contributed by atoms with E-state index in [1.54, 1.807) is 12.2 Å². The molecule has 0 aromatic carbocycles. The number of carbonyl (C=O) groups is 2. The largest absolute Gasteiger partial charge is 0.303 e. The molecule has 4 aliphatic rings. The van der Waals surface area contributed by atoms with Crippen molar-refractivity contribution in [3.05, 3.63) is 46.6 Å². The number of fused-ring (bicyclic) bond motifs is 4. The third-order valence-corrected chi connectivity index (χ3v) is 7.05. The van der Waals surface area contributed by atoms with E-state index in [2.05, 4.69) is 32.9 Å². The molecule has 0 aromatic heterocycles. The van der Waals surface area contributed by atoms with Crippen molar-refractivity contribution in [2.45, 2.75) is 46.5 Å². The molecule has 0 N–H and O–H groups in total. The van der Waals surface area contributed by atoms with E-state index in [4.69, 9.17) is 0 Å². The van der Waals surface area contributed by atoms with Crippen molar-refractivity contribution in [2.75, 3.05) is 0 Å². The highest BCUT2D eigenvalue weighted by molar-refractivity contribution is 6.01. The Morgan fingerprint density at radius 3 is 2.83 bits per heavy atom. The van der Waals surface area contributed by atoms with Crippen LogP contribution in [0.5, 0.6) is 0 Å². The van der Waals surface area contributed by atoms with Gasteiger partial charge < -0.3 is 4.79 Å². The monoisotopic (exact) mass is 308 g/mol. The molecule has 0 aromatic rings. The zero-order valence-electron chi connectivity index (χ0n) is 14.2. The molecule has 120 valence electrons. The third-order valence-electron chi connectivity index (χ3n) is 7.05. The maximum atomic E-state index is 11.9. The van der Waals surface area contributed by atoms with Crippen LogP contribution in [0.25, 0.3) is 0 Å². The van der Waals surface area contributed by atoms with E-state index in [-0.39, 0.29) is 22.5 Å². The lowest BCUT2D eigenvalue weighted by Gasteiger charge is -2.49. The lowest BCUT2D eigenvalue weighted by molar-refractivity contribution is -0.111. The fraction of sp³-hybridized carbons (Fsp3) is 0.524. The first-order valence-electron chi connectivity index (χ1n) is 8.74. The van der Waals surface area contributed by atoms with Crippen LogP contribution < -0.4 is 0 Å². The summed E-state index contributed by atoms with van der Waals surface area (Å²) in [4.78, 5) is 23.7. The maximum Gasteiger partial charge on any atom is 0.178 e. The van der Waals surface area contributed by atoms with Crippen molar-refractivity contribution in [1.29, 1.82) is 0 Å². The van der Waals surface area contributed by atoms with Gasteiger partial charge in [-0.15, -0.1) is 0 Å². The van der Waals surface area contributed by atoms with Crippen molar-refractivity contribution >= 4 is 12.1 Å². The van der Waals surface area contributed by atoms with Gasteiger partial charge in [-0.05, 0) is 67.2 Å². The molecular weight excluding hydrogens is 284 g/mol. The van der Waals surface area contributed by atoms with Crippen LogP contribution in [0.3, 0.4) is 0 Å². The van der Waals surface area contributed by atoms with Crippen molar-refractivity contribution < 1.29 is 9.59 Å². The number of ketones is 1. The zero-order valence-corrected chi connectivity index (χ0v) is 14.2. The second-order valence-corrected chi connectivity index (χ2v) is 8.12. The van der Waals surface area contributed by atoms with Crippen LogP contribution in [-0.2, 0) is 9.59 Å². The van der Waals surface area contributed by atoms with Gasteiger partial charge in [0.15, 0.2) is 5.78 Å². The van der Waals surface area contributed by atoms with Gasteiger partial charge in [0.05, 0.1) is 0 Å². The Morgan fingerprint density at radius 1 is 1.30 bits per heavy atom. The zero-order chi connectivity index (χ0) is 16.4. The first-order valence-corrected chi connectivity index (χ1v) is 8.74. The van der Waals surface area contributed by atoms with Crippen molar-refractivity contribution in [3.8, 4) is 0 Å². The Hall–Kier alpha value is -1.70. The van der Waals surface area contributed by atoms with Crippen LogP contribution in [0, 0.1) is 22.7 Å². The first-order chi connectivity index (χ1) is 10.9. The molecule has 0 spiro atoms. The van der Waals surface area contributed by atoms with Gasteiger partial charge in [-0.2, -0.15) is 0 Å². The van der Waals surface area contributed by atoms with Gasteiger partial charge in [0, 0.05) is 11.3 Å².